The molecule has 1 unspecified atom stereocenters. The van der Waals surface area contributed by atoms with Gasteiger partial charge in [0.05, 0.1) is 12.5 Å². The lowest BCUT2D eigenvalue weighted by atomic mass is 10.1. The zero-order valence-corrected chi connectivity index (χ0v) is 14.2. The van der Waals surface area contributed by atoms with Crippen molar-refractivity contribution in [3.8, 4) is 0 Å². The van der Waals surface area contributed by atoms with Gasteiger partial charge in [-0.25, -0.2) is 12.8 Å². The molecule has 1 amide bonds. The van der Waals surface area contributed by atoms with E-state index in [1.165, 1.54) is 22.5 Å². The highest BCUT2D eigenvalue weighted by atomic mass is 32.2. The average molecular weight is 356 g/mol. The van der Waals surface area contributed by atoms with E-state index in [1.54, 1.807) is 4.90 Å². The Labute approximate surface area is 141 Å². The summed E-state index contributed by atoms with van der Waals surface area (Å²) >= 11 is 0. The number of benzene rings is 1. The molecule has 2 fully saturated rings. The summed E-state index contributed by atoms with van der Waals surface area (Å²) in [4.78, 5) is 13.6. The Hall–Kier alpha value is -1.51. The highest BCUT2D eigenvalue weighted by Crippen LogP contribution is 2.21. The summed E-state index contributed by atoms with van der Waals surface area (Å²) < 4.78 is 45.5. The second-order valence-corrected chi connectivity index (χ2v) is 7.96. The minimum atomic E-state index is -3.87. The van der Waals surface area contributed by atoms with Crippen molar-refractivity contribution in [2.24, 2.45) is 0 Å². The minimum absolute atomic E-state index is 0.00941. The molecule has 8 heteroatoms. The van der Waals surface area contributed by atoms with Crippen molar-refractivity contribution >= 4 is 15.9 Å². The van der Waals surface area contributed by atoms with Gasteiger partial charge in [-0.05, 0) is 25.0 Å². The fraction of sp³-hybridized carbons (Fsp3) is 0.562. The first kappa shape index (κ1) is 17.3. The van der Waals surface area contributed by atoms with E-state index < -0.39 is 15.8 Å². The van der Waals surface area contributed by atoms with Gasteiger partial charge in [0.25, 0.3) is 0 Å². The number of carbonyl (C=O) groups is 1. The van der Waals surface area contributed by atoms with Crippen LogP contribution < -0.4 is 0 Å². The predicted octanol–water partition coefficient (Wildman–Crippen LogP) is 1.23. The van der Waals surface area contributed by atoms with Gasteiger partial charge in [-0.2, -0.15) is 4.31 Å². The zero-order chi connectivity index (χ0) is 17.2. The number of amides is 1. The summed E-state index contributed by atoms with van der Waals surface area (Å²) in [6, 6.07) is 5.35. The fourth-order valence-corrected chi connectivity index (χ4v) is 4.59. The second kappa shape index (κ2) is 7.16. The topological polar surface area (TPSA) is 66.9 Å². The largest absolute Gasteiger partial charge is 0.378 e. The average Bonchev–Trinajstić information content (AvgIpc) is 3.08. The second-order valence-electron chi connectivity index (χ2n) is 6.05. The molecule has 1 aromatic carbocycles. The summed E-state index contributed by atoms with van der Waals surface area (Å²) in [7, 11) is -3.87. The van der Waals surface area contributed by atoms with Crippen molar-refractivity contribution in [2.75, 3.05) is 32.8 Å². The van der Waals surface area contributed by atoms with Crippen LogP contribution in [0.1, 0.15) is 19.3 Å². The number of halogens is 1. The Morgan fingerprint density at radius 1 is 1.21 bits per heavy atom. The Balaban J connectivity index is 1.60. The molecule has 24 heavy (non-hydrogen) atoms. The third kappa shape index (κ3) is 3.60. The van der Waals surface area contributed by atoms with Gasteiger partial charge in [0, 0.05) is 32.8 Å². The summed E-state index contributed by atoms with van der Waals surface area (Å²) in [6.45, 7) is 1.69. The molecule has 0 aromatic heterocycles. The maximum absolute atomic E-state index is 13.8. The van der Waals surface area contributed by atoms with E-state index in [9.17, 15) is 17.6 Å². The van der Waals surface area contributed by atoms with Crippen molar-refractivity contribution < 1.29 is 22.3 Å². The summed E-state index contributed by atoms with van der Waals surface area (Å²) in [5.41, 5.74) is 0. The Kier molecular flexibility index (Phi) is 5.17. The number of sulfonamides is 1. The van der Waals surface area contributed by atoms with E-state index >= 15 is 0 Å². The standard InChI is InChI=1S/C16H21FN2O4S/c17-14-5-1-2-6-15(14)24(21,22)19-9-7-18(8-10-19)16(20)12-13-4-3-11-23-13/h1-2,5-6,13H,3-4,7-12H2. The highest BCUT2D eigenvalue weighted by molar-refractivity contribution is 7.89. The van der Waals surface area contributed by atoms with E-state index in [1.807, 2.05) is 0 Å². The number of hydrogen-bond donors (Lipinski definition) is 0. The molecule has 0 radical (unpaired) electrons. The predicted molar refractivity (Wildman–Crippen MR) is 85.3 cm³/mol. The number of ether oxygens (including phenoxy) is 1. The van der Waals surface area contributed by atoms with Crippen molar-refractivity contribution in [3.05, 3.63) is 30.1 Å². The molecule has 2 aliphatic rings. The van der Waals surface area contributed by atoms with E-state index in [2.05, 4.69) is 0 Å². The van der Waals surface area contributed by atoms with Crippen LogP contribution in [0, 0.1) is 5.82 Å². The minimum Gasteiger partial charge on any atom is -0.378 e. The maximum Gasteiger partial charge on any atom is 0.246 e. The molecule has 6 nitrogen and oxygen atoms in total. The van der Waals surface area contributed by atoms with Gasteiger partial charge < -0.3 is 9.64 Å². The van der Waals surface area contributed by atoms with Crippen LogP contribution in [0.4, 0.5) is 4.39 Å². The lowest BCUT2D eigenvalue weighted by molar-refractivity contribution is -0.134. The summed E-state index contributed by atoms with van der Waals surface area (Å²) in [6.07, 6.45) is 2.21. The molecular weight excluding hydrogens is 335 g/mol. The Bertz CT molecular complexity index is 696. The third-order valence-corrected chi connectivity index (χ3v) is 6.40. The van der Waals surface area contributed by atoms with Crippen LogP contribution in [0.3, 0.4) is 0 Å². The van der Waals surface area contributed by atoms with Gasteiger partial charge in [0.15, 0.2) is 0 Å². The molecule has 2 aliphatic heterocycles. The first-order valence-corrected chi connectivity index (χ1v) is 9.56. The number of piperazine rings is 1. The normalized spacial score (nSPS) is 22.7. The van der Waals surface area contributed by atoms with Crippen LogP contribution in [0.5, 0.6) is 0 Å². The molecule has 0 N–H and O–H groups in total. The number of rotatable bonds is 4. The maximum atomic E-state index is 13.8. The van der Waals surface area contributed by atoms with Crippen LogP contribution >= 0.6 is 0 Å². The van der Waals surface area contributed by atoms with Crippen LogP contribution in [0.15, 0.2) is 29.2 Å². The van der Waals surface area contributed by atoms with Crippen LogP contribution in [0.25, 0.3) is 0 Å². The number of carbonyl (C=O) groups excluding carboxylic acids is 1. The molecule has 2 heterocycles. The lowest BCUT2D eigenvalue weighted by Crippen LogP contribution is -2.51. The molecule has 0 saturated carbocycles. The van der Waals surface area contributed by atoms with Gasteiger partial charge in [0.1, 0.15) is 10.7 Å². The van der Waals surface area contributed by atoms with Crippen molar-refractivity contribution in [2.45, 2.75) is 30.3 Å². The first-order chi connectivity index (χ1) is 11.5. The molecular formula is C16H21FN2O4S. The molecule has 0 bridgehead atoms. The van der Waals surface area contributed by atoms with Crippen molar-refractivity contribution in [1.82, 2.24) is 9.21 Å². The van der Waals surface area contributed by atoms with Gasteiger partial charge in [-0.3, -0.25) is 4.79 Å². The highest BCUT2D eigenvalue weighted by Gasteiger charge is 2.32. The molecule has 2 saturated heterocycles. The molecule has 0 spiro atoms. The SMILES string of the molecule is O=C(CC1CCCO1)N1CCN(S(=O)(=O)c2ccccc2F)CC1. The van der Waals surface area contributed by atoms with E-state index in [0.29, 0.717) is 26.1 Å². The summed E-state index contributed by atoms with van der Waals surface area (Å²) in [5, 5.41) is 0. The molecule has 1 aromatic rings. The molecule has 132 valence electrons. The Morgan fingerprint density at radius 3 is 2.54 bits per heavy atom. The molecule has 1 atom stereocenters. The molecule has 0 aliphatic carbocycles. The van der Waals surface area contributed by atoms with E-state index in [0.717, 1.165) is 18.9 Å². The van der Waals surface area contributed by atoms with Gasteiger partial charge >= 0.3 is 0 Å². The first-order valence-electron chi connectivity index (χ1n) is 8.12. The lowest BCUT2D eigenvalue weighted by Gasteiger charge is -2.34. The summed E-state index contributed by atoms with van der Waals surface area (Å²) in [5.74, 6) is -0.765. The van der Waals surface area contributed by atoms with Crippen molar-refractivity contribution in [3.63, 3.8) is 0 Å². The zero-order valence-electron chi connectivity index (χ0n) is 13.4. The Morgan fingerprint density at radius 2 is 1.92 bits per heavy atom. The number of nitrogens with zero attached hydrogens (tertiary/aromatic N) is 2. The van der Waals surface area contributed by atoms with Gasteiger partial charge in [-0.15, -0.1) is 0 Å². The van der Waals surface area contributed by atoms with Crippen LogP contribution in [-0.4, -0.2) is 62.4 Å². The van der Waals surface area contributed by atoms with E-state index in [-0.39, 0.29) is 30.0 Å². The van der Waals surface area contributed by atoms with Crippen LogP contribution in [-0.2, 0) is 19.6 Å². The fourth-order valence-electron chi connectivity index (χ4n) is 3.10. The molecule has 3 rings (SSSR count). The number of hydrogen-bond acceptors (Lipinski definition) is 4. The van der Waals surface area contributed by atoms with Gasteiger partial charge in [0.2, 0.25) is 15.9 Å². The van der Waals surface area contributed by atoms with E-state index in [4.69, 9.17) is 4.74 Å². The third-order valence-electron chi connectivity index (χ3n) is 4.47. The monoisotopic (exact) mass is 356 g/mol. The van der Waals surface area contributed by atoms with Crippen molar-refractivity contribution in [1.29, 1.82) is 0 Å². The van der Waals surface area contributed by atoms with Crippen LogP contribution in [0.2, 0.25) is 0 Å². The smallest absolute Gasteiger partial charge is 0.246 e. The van der Waals surface area contributed by atoms with Gasteiger partial charge in [-0.1, -0.05) is 12.1 Å². The quantitative estimate of drug-likeness (QED) is 0.814.